The Balaban J connectivity index is 1.53. The summed E-state index contributed by atoms with van der Waals surface area (Å²) in [6.07, 6.45) is 3.65. The molecule has 0 bridgehead atoms. The van der Waals surface area contributed by atoms with E-state index in [9.17, 15) is 9.59 Å². The van der Waals surface area contributed by atoms with Crippen molar-refractivity contribution in [2.75, 3.05) is 18.4 Å². The third-order valence-electron chi connectivity index (χ3n) is 4.76. The average molecular weight is 434 g/mol. The molecule has 1 saturated heterocycles. The van der Waals surface area contributed by atoms with Crippen LogP contribution in [0.2, 0.25) is 0 Å². The van der Waals surface area contributed by atoms with Gasteiger partial charge in [-0.1, -0.05) is 0 Å². The van der Waals surface area contributed by atoms with Gasteiger partial charge in [-0.15, -0.1) is 0 Å². The van der Waals surface area contributed by atoms with Crippen molar-refractivity contribution in [1.29, 1.82) is 0 Å². The molecule has 1 aliphatic rings. The first-order chi connectivity index (χ1) is 12.9. The summed E-state index contributed by atoms with van der Waals surface area (Å²) in [5.41, 5.74) is 2.01. The average Bonchev–Trinajstić information content (AvgIpc) is 2.99. The first-order valence-electron chi connectivity index (χ1n) is 9.13. The summed E-state index contributed by atoms with van der Waals surface area (Å²) in [5.74, 6) is 0.306. The molecule has 1 fully saturated rings. The van der Waals surface area contributed by atoms with E-state index in [-0.39, 0.29) is 17.7 Å². The second-order valence-electron chi connectivity index (χ2n) is 6.93. The number of hydrogen-bond acceptors (Lipinski definition) is 4. The number of hydrogen-bond donors (Lipinski definition) is 1. The van der Waals surface area contributed by atoms with E-state index in [2.05, 4.69) is 31.3 Å². The van der Waals surface area contributed by atoms with Gasteiger partial charge in [0.1, 0.15) is 5.82 Å². The molecular weight excluding hydrogens is 410 g/mol. The number of aryl methyl sites for hydroxylation is 3. The van der Waals surface area contributed by atoms with E-state index >= 15 is 0 Å². The lowest BCUT2D eigenvalue weighted by atomic mass is 9.97. The zero-order valence-corrected chi connectivity index (χ0v) is 17.2. The van der Waals surface area contributed by atoms with E-state index in [1.807, 2.05) is 30.7 Å². The van der Waals surface area contributed by atoms with Crippen molar-refractivity contribution >= 4 is 33.6 Å². The lowest BCUT2D eigenvalue weighted by Crippen LogP contribution is -2.44. The van der Waals surface area contributed by atoms with Crippen molar-refractivity contribution in [3.05, 3.63) is 40.3 Å². The van der Waals surface area contributed by atoms with Crippen LogP contribution in [0.4, 0.5) is 5.82 Å². The summed E-state index contributed by atoms with van der Waals surface area (Å²) in [4.78, 5) is 31.1. The third kappa shape index (κ3) is 5.15. The number of likely N-dealkylation sites (tertiary alicyclic amines) is 1. The summed E-state index contributed by atoms with van der Waals surface area (Å²) in [6, 6.07) is 5.59. The fraction of sp³-hybridized carbons (Fsp3) is 0.474. The normalized spacial score (nSPS) is 17.0. The molecule has 27 heavy (non-hydrogen) atoms. The van der Waals surface area contributed by atoms with Gasteiger partial charge in [-0.25, -0.2) is 4.98 Å². The molecule has 2 aromatic rings. The van der Waals surface area contributed by atoms with Crippen molar-refractivity contribution in [3.63, 3.8) is 0 Å². The summed E-state index contributed by atoms with van der Waals surface area (Å²) in [5, 5.41) is 7.24. The number of rotatable bonds is 5. The van der Waals surface area contributed by atoms with Crippen LogP contribution < -0.4 is 5.32 Å². The van der Waals surface area contributed by atoms with Crippen LogP contribution in [0.5, 0.6) is 0 Å². The Labute approximate surface area is 167 Å². The van der Waals surface area contributed by atoms with Gasteiger partial charge in [-0.3, -0.25) is 14.3 Å². The number of pyridine rings is 1. The molecule has 3 heterocycles. The van der Waals surface area contributed by atoms with Crippen LogP contribution >= 0.6 is 15.9 Å². The second-order valence-corrected chi connectivity index (χ2v) is 7.85. The molecule has 7 nitrogen and oxygen atoms in total. The van der Waals surface area contributed by atoms with E-state index in [4.69, 9.17) is 0 Å². The maximum absolute atomic E-state index is 12.6. The SMILES string of the molecule is Cc1cc(C)n(CCC(=O)N2CCCC(C(=O)Nc3ccc(Br)cn3)C2)n1. The van der Waals surface area contributed by atoms with Crippen molar-refractivity contribution in [1.82, 2.24) is 19.7 Å². The van der Waals surface area contributed by atoms with Gasteiger partial charge in [0, 0.05) is 42.4 Å². The zero-order chi connectivity index (χ0) is 19.4. The first-order valence-corrected chi connectivity index (χ1v) is 9.93. The van der Waals surface area contributed by atoms with Crippen LogP contribution in [0, 0.1) is 19.8 Å². The van der Waals surface area contributed by atoms with Crippen LogP contribution in [-0.2, 0) is 16.1 Å². The second kappa shape index (κ2) is 8.65. The number of amides is 2. The van der Waals surface area contributed by atoms with Crippen LogP contribution in [-0.4, -0.2) is 44.6 Å². The van der Waals surface area contributed by atoms with Crippen molar-refractivity contribution in [2.45, 2.75) is 39.7 Å². The maximum atomic E-state index is 12.6. The summed E-state index contributed by atoms with van der Waals surface area (Å²) in [6.45, 7) is 5.66. The number of piperidine rings is 1. The van der Waals surface area contributed by atoms with Gasteiger partial charge in [0.25, 0.3) is 0 Å². The van der Waals surface area contributed by atoms with E-state index < -0.39 is 0 Å². The smallest absolute Gasteiger partial charge is 0.230 e. The number of nitrogens with one attached hydrogen (secondary N) is 1. The molecule has 2 aromatic heterocycles. The number of halogens is 1. The largest absolute Gasteiger partial charge is 0.342 e. The van der Waals surface area contributed by atoms with Crippen molar-refractivity contribution < 1.29 is 9.59 Å². The van der Waals surface area contributed by atoms with Gasteiger partial charge >= 0.3 is 0 Å². The lowest BCUT2D eigenvalue weighted by molar-refractivity contribution is -0.134. The number of nitrogens with zero attached hydrogens (tertiary/aromatic N) is 4. The molecule has 8 heteroatoms. The molecule has 1 unspecified atom stereocenters. The van der Waals surface area contributed by atoms with E-state index in [1.54, 1.807) is 17.2 Å². The molecule has 0 spiro atoms. The molecule has 2 amide bonds. The minimum Gasteiger partial charge on any atom is -0.342 e. The fourth-order valence-electron chi connectivity index (χ4n) is 3.36. The highest BCUT2D eigenvalue weighted by Gasteiger charge is 2.28. The molecular formula is C19H24BrN5O2. The number of carbonyl (C=O) groups excluding carboxylic acids is 2. The Kier molecular flexibility index (Phi) is 6.26. The summed E-state index contributed by atoms with van der Waals surface area (Å²) in [7, 11) is 0. The minimum absolute atomic E-state index is 0.0711. The van der Waals surface area contributed by atoms with Gasteiger partial charge in [-0.2, -0.15) is 5.10 Å². The first kappa shape index (κ1) is 19.5. The van der Waals surface area contributed by atoms with Gasteiger partial charge in [-0.05, 0) is 60.8 Å². The predicted octanol–water partition coefficient (Wildman–Crippen LogP) is 2.92. The summed E-state index contributed by atoms with van der Waals surface area (Å²) >= 11 is 3.32. The summed E-state index contributed by atoms with van der Waals surface area (Å²) < 4.78 is 2.72. The maximum Gasteiger partial charge on any atom is 0.230 e. The van der Waals surface area contributed by atoms with Gasteiger partial charge in [0.2, 0.25) is 11.8 Å². The number of anilines is 1. The fourth-order valence-corrected chi connectivity index (χ4v) is 3.59. The molecule has 1 aliphatic heterocycles. The molecule has 0 saturated carbocycles. The van der Waals surface area contributed by atoms with Gasteiger partial charge in [0.05, 0.1) is 11.6 Å². The number of carbonyl (C=O) groups is 2. The highest BCUT2D eigenvalue weighted by atomic mass is 79.9. The molecule has 3 rings (SSSR count). The Morgan fingerprint density at radius 3 is 2.81 bits per heavy atom. The van der Waals surface area contributed by atoms with Crippen molar-refractivity contribution in [2.24, 2.45) is 5.92 Å². The van der Waals surface area contributed by atoms with Gasteiger partial charge in [0.15, 0.2) is 0 Å². The predicted molar refractivity (Wildman–Crippen MR) is 106 cm³/mol. The molecule has 0 aliphatic carbocycles. The standard InChI is InChI=1S/C19H24BrN5O2/c1-13-10-14(2)25(23-13)9-7-18(26)24-8-3-4-15(12-24)19(27)22-17-6-5-16(20)11-21-17/h5-6,10-11,15H,3-4,7-9,12H2,1-2H3,(H,21,22,27). The Bertz CT molecular complexity index is 818. The quantitative estimate of drug-likeness (QED) is 0.785. The molecule has 0 radical (unpaired) electrons. The Morgan fingerprint density at radius 2 is 2.15 bits per heavy atom. The Hall–Kier alpha value is -2.22. The van der Waals surface area contributed by atoms with E-state index in [0.29, 0.717) is 31.9 Å². The van der Waals surface area contributed by atoms with E-state index in [0.717, 1.165) is 28.7 Å². The molecule has 0 aromatic carbocycles. The molecule has 1 atom stereocenters. The molecule has 1 N–H and O–H groups in total. The Morgan fingerprint density at radius 1 is 1.33 bits per heavy atom. The third-order valence-corrected chi connectivity index (χ3v) is 5.23. The monoisotopic (exact) mass is 433 g/mol. The number of aromatic nitrogens is 3. The van der Waals surface area contributed by atoms with Crippen LogP contribution in [0.15, 0.2) is 28.9 Å². The zero-order valence-electron chi connectivity index (χ0n) is 15.6. The van der Waals surface area contributed by atoms with Gasteiger partial charge < -0.3 is 10.2 Å². The minimum atomic E-state index is -0.207. The van der Waals surface area contributed by atoms with Crippen LogP contribution in [0.25, 0.3) is 0 Å². The van der Waals surface area contributed by atoms with Crippen LogP contribution in [0.3, 0.4) is 0 Å². The highest BCUT2D eigenvalue weighted by molar-refractivity contribution is 9.10. The lowest BCUT2D eigenvalue weighted by Gasteiger charge is -2.32. The molecule has 144 valence electrons. The van der Waals surface area contributed by atoms with Crippen LogP contribution in [0.1, 0.15) is 30.7 Å². The van der Waals surface area contributed by atoms with Crippen molar-refractivity contribution in [3.8, 4) is 0 Å². The van der Waals surface area contributed by atoms with E-state index in [1.165, 1.54) is 0 Å². The topological polar surface area (TPSA) is 80.1 Å². The highest BCUT2D eigenvalue weighted by Crippen LogP contribution is 2.20.